The van der Waals surface area contributed by atoms with Crippen LogP contribution in [0.25, 0.3) is 0 Å². The number of hydrogen-bond donors (Lipinski definition) is 0. The number of para-hydroxylation sites is 1. The summed E-state index contributed by atoms with van der Waals surface area (Å²) in [5.41, 5.74) is 1.05. The SMILES string of the molecule is CC(=O)OCCCCOc1cccc2c1OC(C)(C)C2. The van der Waals surface area contributed by atoms with Gasteiger partial charge < -0.3 is 14.2 Å². The maximum absolute atomic E-state index is 10.6. The van der Waals surface area contributed by atoms with Gasteiger partial charge in [-0.05, 0) is 32.8 Å². The van der Waals surface area contributed by atoms with E-state index in [4.69, 9.17) is 14.2 Å². The van der Waals surface area contributed by atoms with Crippen molar-refractivity contribution in [2.45, 2.75) is 45.6 Å². The lowest BCUT2D eigenvalue weighted by atomic mass is 10.0. The van der Waals surface area contributed by atoms with Crippen molar-refractivity contribution in [3.63, 3.8) is 0 Å². The number of rotatable bonds is 6. The van der Waals surface area contributed by atoms with Crippen molar-refractivity contribution in [2.75, 3.05) is 13.2 Å². The molecule has 4 nitrogen and oxygen atoms in total. The van der Waals surface area contributed by atoms with Crippen molar-refractivity contribution in [3.05, 3.63) is 23.8 Å². The molecule has 0 saturated heterocycles. The Balaban J connectivity index is 1.80. The van der Waals surface area contributed by atoms with Crippen molar-refractivity contribution in [1.82, 2.24) is 0 Å². The highest BCUT2D eigenvalue weighted by Gasteiger charge is 2.32. The summed E-state index contributed by atoms with van der Waals surface area (Å²) in [6.07, 6.45) is 2.56. The van der Waals surface area contributed by atoms with Crippen molar-refractivity contribution >= 4 is 5.97 Å². The Morgan fingerprint density at radius 1 is 1.30 bits per heavy atom. The van der Waals surface area contributed by atoms with E-state index < -0.39 is 0 Å². The molecular formula is C16H22O4. The Morgan fingerprint density at radius 2 is 2.05 bits per heavy atom. The second-order valence-electron chi connectivity index (χ2n) is 5.68. The van der Waals surface area contributed by atoms with E-state index in [0.717, 1.165) is 30.8 Å². The Kier molecular flexibility index (Phi) is 4.53. The molecule has 0 unspecified atom stereocenters. The number of unbranched alkanes of at least 4 members (excludes halogenated alkanes) is 1. The molecule has 0 aliphatic carbocycles. The summed E-state index contributed by atoms with van der Waals surface area (Å²) in [6, 6.07) is 6.02. The number of ether oxygens (including phenoxy) is 3. The molecule has 0 spiro atoms. The predicted octanol–water partition coefficient (Wildman–Crippen LogP) is 3.12. The molecule has 1 aromatic rings. The van der Waals surface area contributed by atoms with Crippen LogP contribution in [0.1, 0.15) is 39.2 Å². The second-order valence-corrected chi connectivity index (χ2v) is 5.68. The molecule has 2 rings (SSSR count). The fourth-order valence-corrected chi connectivity index (χ4v) is 2.30. The first-order valence-corrected chi connectivity index (χ1v) is 7.05. The van der Waals surface area contributed by atoms with Crippen LogP contribution < -0.4 is 9.47 Å². The molecule has 1 aromatic carbocycles. The minimum Gasteiger partial charge on any atom is -0.490 e. The van der Waals surface area contributed by atoms with Crippen LogP contribution in [-0.4, -0.2) is 24.8 Å². The first kappa shape index (κ1) is 14.7. The highest BCUT2D eigenvalue weighted by atomic mass is 16.5. The number of fused-ring (bicyclic) bond motifs is 1. The quantitative estimate of drug-likeness (QED) is 0.592. The van der Waals surface area contributed by atoms with E-state index >= 15 is 0 Å². The van der Waals surface area contributed by atoms with E-state index in [1.165, 1.54) is 12.5 Å². The third-order valence-electron chi connectivity index (χ3n) is 3.16. The third-order valence-corrected chi connectivity index (χ3v) is 3.16. The van der Waals surface area contributed by atoms with Crippen LogP contribution >= 0.6 is 0 Å². The van der Waals surface area contributed by atoms with E-state index in [2.05, 4.69) is 19.9 Å². The summed E-state index contributed by atoms with van der Waals surface area (Å²) < 4.78 is 16.6. The van der Waals surface area contributed by atoms with Crippen molar-refractivity contribution in [1.29, 1.82) is 0 Å². The maximum atomic E-state index is 10.6. The summed E-state index contributed by atoms with van der Waals surface area (Å²) in [6.45, 7) is 6.63. The molecular weight excluding hydrogens is 256 g/mol. The van der Waals surface area contributed by atoms with Gasteiger partial charge in [-0.3, -0.25) is 4.79 Å². The van der Waals surface area contributed by atoms with E-state index in [9.17, 15) is 4.79 Å². The van der Waals surface area contributed by atoms with Crippen LogP contribution in [0.2, 0.25) is 0 Å². The Morgan fingerprint density at radius 3 is 2.80 bits per heavy atom. The number of benzene rings is 1. The summed E-state index contributed by atoms with van der Waals surface area (Å²) in [4.78, 5) is 10.6. The van der Waals surface area contributed by atoms with Crippen LogP contribution in [0.5, 0.6) is 11.5 Å². The van der Waals surface area contributed by atoms with Gasteiger partial charge in [0.05, 0.1) is 13.2 Å². The van der Waals surface area contributed by atoms with Gasteiger partial charge in [0.2, 0.25) is 0 Å². The molecule has 1 aliphatic heterocycles. The number of hydrogen-bond acceptors (Lipinski definition) is 4. The summed E-state index contributed by atoms with van der Waals surface area (Å²) >= 11 is 0. The smallest absolute Gasteiger partial charge is 0.302 e. The van der Waals surface area contributed by atoms with Gasteiger partial charge in [-0.15, -0.1) is 0 Å². The molecule has 0 bridgehead atoms. The Labute approximate surface area is 120 Å². The lowest BCUT2D eigenvalue weighted by molar-refractivity contribution is -0.141. The Bertz CT molecular complexity index is 479. The molecule has 1 heterocycles. The van der Waals surface area contributed by atoms with Gasteiger partial charge in [-0.2, -0.15) is 0 Å². The minimum atomic E-state index is -0.234. The fraction of sp³-hybridized carbons (Fsp3) is 0.562. The average Bonchev–Trinajstić information content (AvgIpc) is 2.67. The normalized spacial score (nSPS) is 15.3. The van der Waals surface area contributed by atoms with E-state index in [1.807, 2.05) is 12.1 Å². The van der Waals surface area contributed by atoms with Crippen LogP contribution in [0.4, 0.5) is 0 Å². The van der Waals surface area contributed by atoms with Crippen molar-refractivity contribution < 1.29 is 19.0 Å². The maximum Gasteiger partial charge on any atom is 0.302 e. The summed E-state index contributed by atoms with van der Waals surface area (Å²) in [7, 11) is 0. The zero-order valence-corrected chi connectivity index (χ0v) is 12.4. The van der Waals surface area contributed by atoms with Crippen LogP contribution in [-0.2, 0) is 16.0 Å². The monoisotopic (exact) mass is 278 g/mol. The highest BCUT2D eigenvalue weighted by molar-refractivity contribution is 5.65. The lowest BCUT2D eigenvalue weighted by Crippen LogP contribution is -2.24. The number of carbonyl (C=O) groups is 1. The van der Waals surface area contributed by atoms with Gasteiger partial charge in [0.25, 0.3) is 0 Å². The van der Waals surface area contributed by atoms with Crippen LogP contribution in [0.3, 0.4) is 0 Å². The van der Waals surface area contributed by atoms with Crippen LogP contribution in [0, 0.1) is 0 Å². The van der Waals surface area contributed by atoms with Crippen molar-refractivity contribution in [3.8, 4) is 11.5 Å². The summed E-state index contributed by atoms with van der Waals surface area (Å²) in [5.74, 6) is 1.44. The second kappa shape index (κ2) is 6.16. The molecule has 110 valence electrons. The Hall–Kier alpha value is -1.71. The molecule has 20 heavy (non-hydrogen) atoms. The van der Waals surface area contributed by atoms with Gasteiger partial charge >= 0.3 is 5.97 Å². The highest BCUT2D eigenvalue weighted by Crippen LogP contribution is 2.41. The lowest BCUT2D eigenvalue weighted by Gasteiger charge is -2.18. The topological polar surface area (TPSA) is 44.8 Å². The molecule has 0 N–H and O–H groups in total. The van der Waals surface area contributed by atoms with E-state index in [1.54, 1.807) is 0 Å². The van der Waals surface area contributed by atoms with Crippen LogP contribution in [0.15, 0.2) is 18.2 Å². The van der Waals surface area contributed by atoms with Gasteiger partial charge in [0.15, 0.2) is 11.5 Å². The largest absolute Gasteiger partial charge is 0.490 e. The first-order valence-electron chi connectivity index (χ1n) is 7.05. The first-order chi connectivity index (χ1) is 9.48. The zero-order valence-electron chi connectivity index (χ0n) is 12.4. The standard InChI is InChI=1S/C16H22O4/c1-12(17)18-9-4-5-10-19-14-8-6-7-13-11-16(2,3)20-15(13)14/h6-8H,4-5,9-11H2,1-3H3. The zero-order chi connectivity index (χ0) is 14.6. The number of carbonyl (C=O) groups excluding carboxylic acids is 1. The molecule has 4 heteroatoms. The van der Waals surface area contributed by atoms with Gasteiger partial charge in [0.1, 0.15) is 5.60 Å². The molecule has 0 radical (unpaired) electrons. The van der Waals surface area contributed by atoms with Crippen molar-refractivity contribution in [2.24, 2.45) is 0 Å². The molecule has 0 aromatic heterocycles. The number of esters is 1. The minimum absolute atomic E-state index is 0.156. The predicted molar refractivity (Wildman–Crippen MR) is 76.2 cm³/mol. The third kappa shape index (κ3) is 3.89. The molecule has 0 amide bonds. The average molecular weight is 278 g/mol. The van der Waals surface area contributed by atoms with Gasteiger partial charge in [0, 0.05) is 18.9 Å². The van der Waals surface area contributed by atoms with E-state index in [-0.39, 0.29) is 11.6 Å². The fourth-order valence-electron chi connectivity index (χ4n) is 2.30. The molecule has 0 fully saturated rings. The van der Waals surface area contributed by atoms with Gasteiger partial charge in [-0.25, -0.2) is 0 Å². The van der Waals surface area contributed by atoms with E-state index in [0.29, 0.717) is 13.2 Å². The molecule has 1 aliphatic rings. The summed E-state index contributed by atoms with van der Waals surface area (Å²) in [5, 5.41) is 0. The van der Waals surface area contributed by atoms with Gasteiger partial charge in [-0.1, -0.05) is 12.1 Å². The molecule has 0 atom stereocenters. The molecule has 0 saturated carbocycles.